The summed E-state index contributed by atoms with van der Waals surface area (Å²) < 4.78 is 165. The Balaban J connectivity index is 6.12. The standard InChI is InChI=1S/C11H9F13O/c1-5(4-25)2-3-6(12,13)7(14,15)8(16,17)9(18,19)10(20,21)11(22,23)24/h2,25H,3-4H2,1H3/b5-2+. The first kappa shape index (κ1) is 23.8. The van der Waals surface area contributed by atoms with E-state index in [-0.39, 0.29) is 6.08 Å². The van der Waals surface area contributed by atoms with Gasteiger partial charge in [-0.3, -0.25) is 0 Å². The highest BCUT2D eigenvalue weighted by Crippen LogP contribution is 2.60. The van der Waals surface area contributed by atoms with E-state index in [1.807, 2.05) is 0 Å². The lowest BCUT2D eigenvalue weighted by atomic mass is 9.92. The number of rotatable bonds is 7. The second kappa shape index (κ2) is 6.50. The fraction of sp³-hybridized carbons (Fsp3) is 0.818. The van der Waals surface area contributed by atoms with Crippen molar-refractivity contribution in [2.75, 3.05) is 6.61 Å². The van der Waals surface area contributed by atoms with E-state index in [0.717, 1.165) is 6.92 Å². The van der Waals surface area contributed by atoms with Crippen molar-refractivity contribution in [2.24, 2.45) is 0 Å². The molecule has 0 aliphatic carbocycles. The van der Waals surface area contributed by atoms with Gasteiger partial charge < -0.3 is 5.11 Å². The van der Waals surface area contributed by atoms with Gasteiger partial charge in [0, 0.05) is 6.42 Å². The minimum atomic E-state index is -7.89. The second-order valence-electron chi connectivity index (χ2n) is 4.91. The van der Waals surface area contributed by atoms with Gasteiger partial charge in [0.1, 0.15) is 0 Å². The molecule has 0 atom stereocenters. The van der Waals surface area contributed by atoms with Crippen LogP contribution in [-0.2, 0) is 0 Å². The van der Waals surface area contributed by atoms with Crippen LogP contribution in [0.2, 0.25) is 0 Å². The Morgan fingerprint density at radius 1 is 0.680 bits per heavy atom. The normalized spacial score (nSPS) is 16.4. The number of aliphatic hydroxyl groups excluding tert-OH is 1. The first-order valence-corrected chi connectivity index (χ1v) is 5.93. The zero-order valence-electron chi connectivity index (χ0n) is 11.9. The molecule has 0 aromatic carbocycles. The molecular formula is C11H9F13O. The van der Waals surface area contributed by atoms with Crippen molar-refractivity contribution in [1.82, 2.24) is 0 Å². The number of halogens is 13. The van der Waals surface area contributed by atoms with E-state index < -0.39 is 54.4 Å². The van der Waals surface area contributed by atoms with Gasteiger partial charge in [0.15, 0.2) is 0 Å². The third-order valence-electron chi connectivity index (χ3n) is 2.95. The van der Waals surface area contributed by atoms with Gasteiger partial charge in [0.2, 0.25) is 0 Å². The van der Waals surface area contributed by atoms with Gasteiger partial charge in [0.05, 0.1) is 6.61 Å². The largest absolute Gasteiger partial charge is 0.460 e. The number of alkyl halides is 13. The van der Waals surface area contributed by atoms with Crippen molar-refractivity contribution in [1.29, 1.82) is 0 Å². The fourth-order valence-corrected chi connectivity index (χ4v) is 1.30. The molecule has 0 aliphatic heterocycles. The summed E-state index contributed by atoms with van der Waals surface area (Å²) in [6.07, 6.45) is -9.85. The summed E-state index contributed by atoms with van der Waals surface area (Å²) in [6.45, 7) is -0.195. The van der Waals surface area contributed by atoms with Crippen molar-refractivity contribution in [2.45, 2.75) is 49.1 Å². The summed E-state index contributed by atoms with van der Waals surface area (Å²) in [7, 11) is 0. The summed E-state index contributed by atoms with van der Waals surface area (Å²) >= 11 is 0. The van der Waals surface area contributed by atoms with Crippen LogP contribution in [0.5, 0.6) is 0 Å². The van der Waals surface area contributed by atoms with Crippen LogP contribution in [0.25, 0.3) is 0 Å². The van der Waals surface area contributed by atoms with Gasteiger partial charge in [-0.25, -0.2) is 0 Å². The number of hydrogen-bond donors (Lipinski definition) is 1. The highest BCUT2D eigenvalue weighted by Gasteiger charge is 2.90. The molecule has 0 heterocycles. The number of allylic oxidation sites excluding steroid dienone is 1. The molecule has 25 heavy (non-hydrogen) atoms. The lowest BCUT2D eigenvalue weighted by Gasteiger charge is -2.39. The maximum atomic E-state index is 13.2. The van der Waals surface area contributed by atoms with Crippen LogP contribution in [0.15, 0.2) is 11.6 Å². The van der Waals surface area contributed by atoms with Crippen LogP contribution < -0.4 is 0 Å². The molecule has 0 radical (unpaired) electrons. The molecule has 0 aromatic rings. The second-order valence-corrected chi connectivity index (χ2v) is 4.91. The molecule has 1 nitrogen and oxygen atoms in total. The van der Waals surface area contributed by atoms with Crippen LogP contribution in [0.3, 0.4) is 0 Å². The average molecular weight is 404 g/mol. The van der Waals surface area contributed by atoms with Crippen LogP contribution >= 0.6 is 0 Å². The Kier molecular flexibility index (Phi) is 6.19. The van der Waals surface area contributed by atoms with Gasteiger partial charge in [-0.15, -0.1) is 0 Å². The minimum Gasteiger partial charge on any atom is -0.392 e. The Morgan fingerprint density at radius 3 is 1.36 bits per heavy atom. The van der Waals surface area contributed by atoms with E-state index in [9.17, 15) is 57.1 Å². The van der Waals surface area contributed by atoms with Crippen LogP contribution in [-0.4, -0.2) is 47.5 Å². The highest BCUT2D eigenvalue weighted by molar-refractivity contribution is 5.12. The lowest BCUT2D eigenvalue weighted by molar-refractivity contribution is -0.439. The Labute approximate surface area is 131 Å². The minimum absolute atomic E-state index is 0.00400. The molecule has 14 heteroatoms. The predicted octanol–water partition coefficient (Wildman–Crippen LogP) is 5.05. The summed E-state index contributed by atoms with van der Waals surface area (Å²) in [4.78, 5) is 0. The zero-order valence-corrected chi connectivity index (χ0v) is 11.9. The fourth-order valence-electron chi connectivity index (χ4n) is 1.30. The smallest absolute Gasteiger partial charge is 0.392 e. The van der Waals surface area contributed by atoms with Gasteiger partial charge in [0.25, 0.3) is 0 Å². The molecule has 0 aromatic heterocycles. The molecule has 0 saturated heterocycles. The molecule has 0 unspecified atom stereocenters. The van der Waals surface area contributed by atoms with Crippen LogP contribution in [0, 0.1) is 0 Å². The monoisotopic (exact) mass is 404 g/mol. The molecule has 0 saturated carbocycles. The number of hydrogen-bond acceptors (Lipinski definition) is 1. The first-order chi connectivity index (χ1) is 10.7. The summed E-state index contributed by atoms with van der Waals surface area (Å²) in [5.74, 6) is -36.8. The van der Waals surface area contributed by atoms with E-state index >= 15 is 0 Å². The van der Waals surface area contributed by atoms with Gasteiger partial charge in [-0.1, -0.05) is 11.6 Å². The maximum absolute atomic E-state index is 13.2. The lowest BCUT2D eigenvalue weighted by Crippen LogP contribution is -2.70. The van der Waals surface area contributed by atoms with E-state index in [1.54, 1.807) is 0 Å². The quantitative estimate of drug-likeness (QED) is 0.465. The van der Waals surface area contributed by atoms with E-state index in [4.69, 9.17) is 5.11 Å². The number of aliphatic hydroxyl groups is 1. The van der Waals surface area contributed by atoms with E-state index in [2.05, 4.69) is 0 Å². The summed E-state index contributed by atoms with van der Waals surface area (Å²) in [5.41, 5.74) is -0.508. The summed E-state index contributed by atoms with van der Waals surface area (Å²) in [6, 6.07) is 0. The maximum Gasteiger partial charge on any atom is 0.460 e. The molecule has 0 amide bonds. The third kappa shape index (κ3) is 3.67. The van der Waals surface area contributed by atoms with Crippen LogP contribution in [0.4, 0.5) is 57.1 Å². The van der Waals surface area contributed by atoms with Crippen molar-refractivity contribution in [3.05, 3.63) is 11.6 Å². The van der Waals surface area contributed by atoms with E-state index in [1.165, 1.54) is 0 Å². The highest BCUT2D eigenvalue weighted by atomic mass is 19.4. The molecular weight excluding hydrogens is 395 g/mol. The molecule has 0 aliphatic rings. The molecule has 0 bridgehead atoms. The zero-order chi connectivity index (χ0) is 20.7. The summed E-state index contributed by atoms with van der Waals surface area (Å²) in [5, 5.41) is 8.43. The van der Waals surface area contributed by atoms with Gasteiger partial charge in [-0.2, -0.15) is 57.1 Å². The molecule has 0 spiro atoms. The molecule has 0 rings (SSSR count). The van der Waals surface area contributed by atoms with Crippen molar-refractivity contribution in [3.8, 4) is 0 Å². The third-order valence-corrected chi connectivity index (χ3v) is 2.95. The van der Waals surface area contributed by atoms with E-state index in [0.29, 0.717) is 0 Å². The van der Waals surface area contributed by atoms with Crippen molar-refractivity contribution < 1.29 is 62.2 Å². The first-order valence-electron chi connectivity index (χ1n) is 5.93. The Hall–Kier alpha value is -1.21. The van der Waals surface area contributed by atoms with Crippen LogP contribution in [0.1, 0.15) is 13.3 Å². The molecule has 150 valence electrons. The average Bonchev–Trinajstić information content (AvgIpc) is 2.42. The van der Waals surface area contributed by atoms with Crippen molar-refractivity contribution >= 4 is 0 Å². The molecule has 1 N–H and O–H groups in total. The Morgan fingerprint density at radius 2 is 1.04 bits per heavy atom. The SMILES string of the molecule is C/C(=C\CC(F)(F)C(F)(F)C(F)(F)C(F)(F)C(F)(F)C(F)(F)F)CO. The molecule has 0 fully saturated rings. The van der Waals surface area contributed by atoms with Gasteiger partial charge >= 0.3 is 35.8 Å². The van der Waals surface area contributed by atoms with Gasteiger partial charge in [-0.05, 0) is 6.92 Å². The van der Waals surface area contributed by atoms with Crippen molar-refractivity contribution in [3.63, 3.8) is 0 Å². The topological polar surface area (TPSA) is 20.2 Å². The predicted molar refractivity (Wildman–Crippen MR) is 56.2 cm³/mol. The Bertz CT molecular complexity index is 503.